The molecule has 1 rings (SSSR count). The molecule has 1 N–H and O–H groups in total. The van der Waals surface area contributed by atoms with Crippen molar-refractivity contribution in [2.75, 3.05) is 26.7 Å². The minimum Gasteiger partial charge on any atom is -0.316 e. The Balaban J connectivity index is 2.40. The number of nitrogens with one attached hydrogen (secondary N) is 1. The first kappa shape index (κ1) is 14.0. The molecule has 0 radical (unpaired) electrons. The minimum absolute atomic E-state index is 0.438. The highest BCUT2D eigenvalue weighted by atomic mass is 15.1. The Morgan fingerprint density at radius 2 is 1.88 bits per heavy atom. The fourth-order valence-electron chi connectivity index (χ4n) is 2.80. The van der Waals surface area contributed by atoms with E-state index in [0.717, 1.165) is 19.1 Å². The second kappa shape index (κ2) is 6.61. The first-order valence-electron chi connectivity index (χ1n) is 7.02. The number of hydrogen-bond donors (Lipinski definition) is 1. The van der Waals surface area contributed by atoms with Crippen LogP contribution in [-0.4, -0.2) is 37.6 Å². The maximum atomic E-state index is 3.51. The van der Waals surface area contributed by atoms with Crippen LogP contribution in [0.15, 0.2) is 0 Å². The van der Waals surface area contributed by atoms with Gasteiger partial charge in [-0.25, -0.2) is 0 Å². The molecule has 1 saturated carbocycles. The lowest BCUT2D eigenvalue weighted by atomic mass is 9.86. The first-order chi connectivity index (χ1) is 7.61. The largest absolute Gasteiger partial charge is 0.316 e. The molecule has 0 amide bonds. The summed E-state index contributed by atoms with van der Waals surface area (Å²) in [6, 6.07) is 0.854. The molecule has 0 heterocycles. The van der Waals surface area contributed by atoms with Crippen LogP contribution >= 0.6 is 0 Å². The Labute approximate surface area is 102 Å². The van der Waals surface area contributed by atoms with Crippen molar-refractivity contribution in [3.63, 3.8) is 0 Å². The van der Waals surface area contributed by atoms with Crippen LogP contribution < -0.4 is 5.32 Å². The molecule has 96 valence electrons. The average molecular weight is 226 g/mol. The van der Waals surface area contributed by atoms with Gasteiger partial charge in [-0.2, -0.15) is 0 Å². The van der Waals surface area contributed by atoms with E-state index >= 15 is 0 Å². The van der Waals surface area contributed by atoms with E-state index in [0.29, 0.717) is 5.41 Å². The Morgan fingerprint density at radius 3 is 2.38 bits per heavy atom. The molecule has 1 aliphatic rings. The molecule has 1 fully saturated rings. The smallest absolute Gasteiger partial charge is 0.00924 e. The van der Waals surface area contributed by atoms with Crippen LogP contribution in [0.3, 0.4) is 0 Å². The van der Waals surface area contributed by atoms with Gasteiger partial charge >= 0.3 is 0 Å². The Bertz CT molecular complexity index is 187. The van der Waals surface area contributed by atoms with E-state index in [1.54, 1.807) is 0 Å². The summed E-state index contributed by atoms with van der Waals surface area (Å²) in [7, 11) is 2.32. The van der Waals surface area contributed by atoms with Crippen LogP contribution in [0.2, 0.25) is 0 Å². The fraction of sp³-hybridized carbons (Fsp3) is 1.00. The van der Waals surface area contributed by atoms with Gasteiger partial charge in [0.2, 0.25) is 0 Å². The van der Waals surface area contributed by atoms with Gasteiger partial charge in [0.05, 0.1) is 0 Å². The molecule has 0 aliphatic heterocycles. The maximum Gasteiger partial charge on any atom is 0.00924 e. The van der Waals surface area contributed by atoms with E-state index in [4.69, 9.17) is 0 Å². The van der Waals surface area contributed by atoms with Crippen molar-refractivity contribution in [2.45, 2.75) is 58.9 Å². The molecule has 2 heteroatoms. The summed E-state index contributed by atoms with van der Waals surface area (Å²) < 4.78 is 0. The number of nitrogens with zero attached hydrogens (tertiary/aromatic N) is 1. The summed E-state index contributed by atoms with van der Waals surface area (Å²) in [5.41, 5.74) is 0.438. The maximum absolute atomic E-state index is 3.51. The van der Waals surface area contributed by atoms with Gasteiger partial charge in [-0.05, 0) is 38.3 Å². The predicted octanol–water partition coefficient (Wildman–Crippen LogP) is 2.89. The second-order valence-corrected chi connectivity index (χ2v) is 5.80. The highest BCUT2D eigenvalue weighted by molar-refractivity contribution is 4.83. The van der Waals surface area contributed by atoms with Crippen molar-refractivity contribution in [3.8, 4) is 0 Å². The third kappa shape index (κ3) is 4.06. The minimum atomic E-state index is 0.438. The molecule has 1 unspecified atom stereocenters. The van der Waals surface area contributed by atoms with Gasteiger partial charge in [0, 0.05) is 19.1 Å². The second-order valence-electron chi connectivity index (χ2n) is 5.80. The zero-order chi connectivity index (χ0) is 12.0. The van der Waals surface area contributed by atoms with Crippen molar-refractivity contribution in [1.82, 2.24) is 10.2 Å². The van der Waals surface area contributed by atoms with Crippen LogP contribution in [0, 0.1) is 5.41 Å². The molecule has 0 saturated heterocycles. The van der Waals surface area contributed by atoms with Gasteiger partial charge in [0.15, 0.2) is 0 Å². The van der Waals surface area contributed by atoms with E-state index in [2.05, 4.69) is 38.0 Å². The molecule has 2 nitrogen and oxygen atoms in total. The topological polar surface area (TPSA) is 15.3 Å². The monoisotopic (exact) mass is 226 g/mol. The third-order valence-corrected chi connectivity index (χ3v) is 4.23. The van der Waals surface area contributed by atoms with Gasteiger partial charge in [0.1, 0.15) is 0 Å². The van der Waals surface area contributed by atoms with Crippen LogP contribution in [-0.2, 0) is 0 Å². The van der Waals surface area contributed by atoms with Crippen molar-refractivity contribution >= 4 is 0 Å². The van der Waals surface area contributed by atoms with Crippen molar-refractivity contribution in [3.05, 3.63) is 0 Å². The molecule has 1 aliphatic carbocycles. The SMILES string of the molecule is CCNCC(C)(CC)CN(C)C1CCCC1. The number of hydrogen-bond acceptors (Lipinski definition) is 2. The van der Waals surface area contributed by atoms with E-state index in [1.807, 2.05) is 0 Å². The van der Waals surface area contributed by atoms with Gasteiger partial charge in [-0.3, -0.25) is 0 Å². The van der Waals surface area contributed by atoms with Crippen molar-refractivity contribution in [1.29, 1.82) is 0 Å². The summed E-state index contributed by atoms with van der Waals surface area (Å²) in [4.78, 5) is 2.60. The molecule has 0 aromatic heterocycles. The van der Waals surface area contributed by atoms with Crippen LogP contribution in [0.5, 0.6) is 0 Å². The molecule has 0 spiro atoms. The predicted molar refractivity (Wildman–Crippen MR) is 71.8 cm³/mol. The Kier molecular flexibility index (Phi) is 5.77. The lowest BCUT2D eigenvalue weighted by molar-refractivity contribution is 0.142. The van der Waals surface area contributed by atoms with Crippen molar-refractivity contribution in [2.24, 2.45) is 5.41 Å². The molecule has 0 aromatic rings. The van der Waals surface area contributed by atoms with Crippen LogP contribution in [0.4, 0.5) is 0 Å². The van der Waals surface area contributed by atoms with E-state index in [-0.39, 0.29) is 0 Å². The fourth-order valence-corrected chi connectivity index (χ4v) is 2.80. The normalized spacial score (nSPS) is 21.6. The Hall–Kier alpha value is -0.0800. The standard InChI is InChI=1S/C14H30N2/c1-5-14(3,11-15-6-2)12-16(4)13-9-7-8-10-13/h13,15H,5-12H2,1-4H3. The van der Waals surface area contributed by atoms with Gasteiger partial charge < -0.3 is 10.2 Å². The molecule has 1 atom stereocenters. The highest BCUT2D eigenvalue weighted by Gasteiger charge is 2.27. The summed E-state index contributed by atoms with van der Waals surface area (Å²) in [6.07, 6.45) is 6.96. The van der Waals surface area contributed by atoms with E-state index in [1.165, 1.54) is 38.6 Å². The van der Waals surface area contributed by atoms with Gasteiger partial charge in [-0.1, -0.05) is 33.6 Å². The van der Waals surface area contributed by atoms with Crippen LogP contribution in [0.1, 0.15) is 52.9 Å². The molecule has 16 heavy (non-hydrogen) atoms. The number of rotatable bonds is 7. The zero-order valence-electron chi connectivity index (χ0n) is 11.7. The summed E-state index contributed by atoms with van der Waals surface area (Å²) in [5, 5.41) is 3.51. The third-order valence-electron chi connectivity index (χ3n) is 4.23. The highest BCUT2D eigenvalue weighted by Crippen LogP contribution is 2.27. The average Bonchev–Trinajstić information content (AvgIpc) is 2.80. The van der Waals surface area contributed by atoms with E-state index in [9.17, 15) is 0 Å². The molecule has 0 bridgehead atoms. The Morgan fingerprint density at radius 1 is 1.25 bits per heavy atom. The molecule has 0 aromatic carbocycles. The lowest BCUT2D eigenvalue weighted by Crippen LogP contribution is -2.43. The zero-order valence-corrected chi connectivity index (χ0v) is 11.7. The van der Waals surface area contributed by atoms with Gasteiger partial charge in [-0.15, -0.1) is 0 Å². The van der Waals surface area contributed by atoms with Crippen LogP contribution in [0.25, 0.3) is 0 Å². The first-order valence-corrected chi connectivity index (χ1v) is 7.02. The summed E-state index contributed by atoms with van der Waals surface area (Å²) >= 11 is 0. The molecular formula is C14H30N2. The quantitative estimate of drug-likeness (QED) is 0.718. The van der Waals surface area contributed by atoms with Gasteiger partial charge in [0.25, 0.3) is 0 Å². The lowest BCUT2D eigenvalue weighted by Gasteiger charge is -2.36. The van der Waals surface area contributed by atoms with Crippen molar-refractivity contribution < 1.29 is 0 Å². The molecular weight excluding hydrogens is 196 g/mol. The van der Waals surface area contributed by atoms with E-state index < -0.39 is 0 Å². The summed E-state index contributed by atoms with van der Waals surface area (Å²) in [6.45, 7) is 10.4. The summed E-state index contributed by atoms with van der Waals surface area (Å²) in [5.74, 6) is 0.